The van der Waals surface area contributed by atoms with E-state index in [1.807, 2.05) is 18.2 Å². The number of carbonyl (C=O) groups excluding carboxylic acids is 1. The molecule has 2 aromatic carbocycles. The second-order valence-corrected chi connectivity index (χ2v) is 23.6. The highest BCUT2D eigenvalue weighted by Crippen LogP contribution is 2.71. The zero-order valence-corrected chi connectivity index (χ0v) is 41.6. The maximum Gasteiger partial charge on any atom is 0.338 e. The highest BCUT2D eigenvalue weighted by atomic mass is 16.8. The lowest BCUT2D eigenvalue weighted by Gasteiger charge is -2.59. The van der Waals surface area contributed by atoms with Crippen LogP contribution in [0.2, 0.25) is 0 Å². The molecule has 11 rings (SSSR count). The van der Waals surface area contributed by atoms with Crippen LogP contribution >= 0.6 is 0 Å². The van der Waals surface area contributed by atoms with E-state index in [2.05, 4.69) is 92.7 Å². The molecule has 0 bridgehead atoms. The molecule has 4 aliphatic carbocycles. The Bertz CT molecular complexity index is 2120. The van der Waals surface area contributed by atoms with Crippen LogP contribution in [0.25, 0.3) is 0 Å². The molecule has 366 valence electrons. The van der Waals surface area contributed by atoms with E-state index in [9.17, 15) is 4.79 Å². The molecule has 1 spiro atoms. The number of rotatable bonds is 7. The maximum absolute atomic E-state index is 13.6. The number of benzene rings is 2. The number of allylic oxidation sites excluding steroid dienone is 1. The third-order valence-corrected chi connectivity index (χ3v) is 19.9. The molecule has 10 nitrogen and oxygen atoms in total. The summed E-state index contributed by atoms with van der Waals surface area (Å²) in [4.78, 5) is 13.6. The molecule has 22 atom stereocenters. The summed E-state index contributed by atoms with van der Waals surface area (Å²) in [5.74, 6) is 2.79. The number of hydrogen-bond acceptors (Lipinski definition) is 10. The molecule has 0 N–H and O–H groups in total. The fourth-order valence-corrected chi connectivity index (χ4v) is 15.5. The molecule has 0 aromatic heterocycles. The average molecular weight is 923 g/mol. The number of carbonyl (C=O) groups is 1. The van der Waals surface area contributed by atoms with Crippen LogP contribution in [-0.4, -0.2) is 80.3 Å². The largest absolute Gasteiger partial charge is 0.453 e. The van der Waals surface area contributed by atoms with Crippen molar-refractivity contribution in [1.82, 2.24) is 0 Å². The van der Waals surface area contributed by atoms with Crippen molar-refractivity contribution >= 4 is 5.97 Å². The Balaban J connectivity index is 0.824. The van der Waals surface area contributed by atoms with Gasteiger partial charge in [-0.2, -0.15) is 0 Å². The van der Waals surface area contributed by atoms with Gasteiger partial charge in [0.05, 0.1) is 43.2 Å². The van der Waals surface area contributed by atoms with Gasteiger partial charge in [-0.15, -0.1) is 0 Å². The molecule has 9 aliphatic rings. The Labute approximate surface area is 399 Å². The summed E-state index contributed by atoms with van der Waals surface area (Å²) < 4.78 is 61.3. The Kier molecular flexibility index (Phi) is 12.5. The monoisotopic (exact) mass is 923 g/mol. The van der Waals surface area contributed by atoms with Crippen molar-refractivity contribution in [1.29, 1.82) is 0 Å². The van der Waals surface area contributed by atoms with Gasteiger partial charge in [-0.05, 0) is 124 Å². The molecule has 3 saturated carbocycles. The summed E-state index contributed by atoms with van der Waals surface area (Å²) in [7, 11) is 0. The van der Waals surface area contributed by atoms with Crippen LogP contribution in [0, 0.1) is 71.0 Å². The zero-order valence-electron chi connectivity index (χ0n) is 41.6. The third kappa shape index (κ3) is 8.02. The average Bonchev–Trinajstić information content (AvgIpc) is 3.78. The fourth-order valence-electron chi connectivity index (χ4n) is 15.5. The van der Waals surface area contributed by atoms with Crippen LogP contribution in [0.1, 0.15) is 141 Å². The molecule has 10 heteroatoms. The van der Waals surface area contributed by atoms with Gasteiger partial charge in [0.1, 0.15) is 12.2 Å². The molecule has 8 unspecified atom stereocenters. The quantitative estimate of drug-likeness (QED) is 0.197. The molecule has 8 fully saturated rings. The number of esters is 1. The van der Waals surface area contributed by atoms with Crippen LogP contribution in [-0.2, 0) is 42.6 Å². The SMILES string of the molecule is Cc1ccc(C2OCC3O[C@@H](O[C@H]4CC[C@@]5(C)C(=CC[C@H]6[C@@H]7C[C@@H]8O[C@]9(CC[C@@H](C)CO9)[C@@H](C)[C@@H]8[C@@]7(C)CC[C@@H]65)C4)C(OC4OC(C)C(C)C(C)C4OC(=O)c4ccccc4)[C@@H](C)[C@@H]3O2)cc1. The number of aryl methyl sites for hydroxylation is 1. The van der Waals surface area contributed by atoms with Crippen LogP contribution in [0.3, 0.4) is 0 Å². The minimum absolute atomic E-state index is 0.0273. The van der Waals surface area contributed by atoms with E-state index in [1.54, 1.807) is 17.7 Å². The summed E-state index contributed by atoms with van der Waals surface area (Å²) in [6.07, 6.45) is 8.81. The lowest BCUT2D eigenvalue weighted by Crippen LogP contribution is -2.62. The minimum Gasteiger partial charge on any atom is -0.453 e. The Hall–Kier alpha value is -2.67. The molecule has 5 saturated heterocycles. The van der Waals surface area contributed by atoms with Gasteiger partial charge in [-0.3, -0.25) is 0 Å². The summed E-state index contributed by atoms with van der Waals surface area (Å²) in [6, 6.07) is 17.5. The first-order valence-electron chi connectivity index (χ1n) is 26.4. The van der Waals surface area contributed by atoms with Crippen molar-refractivity contribution in [2.75, 3.05) is 13.2 Å². The maximum atomic E-state index is 13.6. The van der Waals surface area contributed by atoms with Crippen molar-refractivity contribution in [3.8, 4) is 0 Å². The van der Waals surface area contributed by atoms with Gasteiger partial charge >= 0.3 is 5.97 Å². The van der Waals surface area contributed by atoms with E-state index in [0.29, 0.717) is 53.8 Å². The van der Waals surface area contributed by atoms with Gasteiger partial charge < -0.3 is 42.6 Å². The Morgan fingerprint density at radius 3 is 2.28 bits per heavy atom. The van der Waals surface area contributed by atoms with Crippen molar-refractivity contribution < 1.29 is 47.4 Å². The van der Waals surface area contributed by atoms with Crippen LogP contribution in [0.5, 0.6) is 0 Å². The first kappa shape index (κ1) is 46.7. The first-order chi connectivity index (χ1) is 32.2. The van der Waals surface area contributed by atoms with E-state index in [-0.39, 0.29) is 58.8 Å². The second kappa shape index (κ2) is 17.9. The molecule has 0 radical (unpaired) electrons. The lowest BCUT2D eigenvalue weighted by molar-refractivity contribution is -0.385. The lowest BCUT2D eigenvalue weighted by atomic mass is 9.47. The summed E-state index contributed by atoms with van der Waals surface area (Å²) in [5, 5.41) is 0. The molecular weight excluding hydrogens is 845 g/mol. The molecule has 0 amide bonds. The standard InChI is InChI=1S/C57H78O10/c1-31-15-17-39(18-16-31)52-59-30-46-48(65-52)35(5)50(66-53-49(34(4)33(3)37(7)61-53)64-51(58)38-13-11-10-12-14-38)54(63-46)62-41-22-24-55(8)40(27-41)19-20-42-43(55)23-25-56(9)44(42)28-45-47(56)36(6)57(67-45)26-21-32(2)29-60-57/h10-19,32-37,41-50,52-54H,20-30H2,1-9H3/t32-,33?,34?,35+,36+,37?,41+,42-,43+,44+,45+,46?,47+,48+,49?,50?,52?,53?,54-,55+,56+,57-/m1/s1. The second-order valence-electron chi connectivity index (χ2n) is 23.6. The topological polar surface area (TPSA) is 100 Å². The van der Waals surface area contributed by atoms with Crippen molar-refractivity contribution in [2.45, 2.75) is 187 Å². The molecule has 2 aromatic rings. The highest BCUT2D eigenvalue weighted by molar-refractivity contribution is 5.89. The zero-order chi connectivity index (χ0) is 46.6. The molecular formula is C57H78O10. The van der Waals surface area contributed by atoms with Gasteiger partial charge in [-0.25, -0.2) is 4.79 Å². The number of fused-ring (bicyclic) bond motifs is 8. The minimum atomic E-state index is -0.835. The fraction of sp³-hybridized carbons (Fsp3) is 0.737. The van der Waals surface area contributed by atoms with E-state index in [1.165, 1.54) is 31.2 Å². The van der Waals surface area contributed by atoms with Crippen LogP contribution in [0.4, 0.5) is 0 Å². The van der Waals surface area contributed by atoms with Gasteiger partial charge in [-0.1, -0.05) is 108 Å². The first-order valence-corrected chi connectivity index (χ1v) is 26.4. The smallest absolute Gasteiger partial charge is 0.338 e. The van der Waals surface area contributed by atoms with Gasteiger partial charge in [0.15, 0.2) is 30.8 Å². The van der Waals surface area contributed by atoms with Gasteiger partial charge in [0, 0.05) is 29.7 Å². The van der Waals surface area contributed by atoms with Crippen molar-refractivity contribution in [3.63, 3.8) is 0 Å². The Morgan fingerprint density at radius 1 is 0.746 bits per heavy atom. The Morgan fingerprint density at radius 2 is 1.52 bits per heavy atom. The molecule has 5 heterocycles. The normalized spacial score (nSPS) is 49.1. The van der Waals surface area contributed by atoms with E-state index >= 15 is 0 Å². The van der Waals surface area contributed by atoms with E-state index in [0.717, 1.165) is 44.3 Å². The molecule has 67 heavy (non-hydrogen) atoms. The van der Waals surface area contributed by atoms with Gasteiger partial charge in [0.2, 0.25) is 0 Å². The third-order valence-electron chi connectivity index (χ3n) is 19.9. The predicted molar refractivity (Wildman–Crippen MR) is 252 cm³/mol. The number of hydrogen-bond donors (Lipinski definition) is 0. The van der Waals surface area contributed by atoms with E-state index in [4.69, 9.17) is 42.6 Å². The van der Waals surface area contributed by atoms with Crippen molar-refractivity contribution in [3.05, 3.63) is 82.9 Å². The van der Waals surface area contributed by atoms with E-state index < -0.39 is 37.0 Å². The summed E-state index contributed by atoms with van der Waals surface area (Å²) >= 11 is 0. The van der Waals surface area contributed by atoms with Crippen molar-refractivity contribution in [2.24, 2.45) is 64.1 Å². The van der Waals surface area contributed by atoms with Gasteiger partial charge in [0.25, 0.3) is 0 Å². The predicted octanol–water partition coefficient (Wildman–Crippen LogP) is 11.1. The number of ether oxygens (including phenoxy) is 9. The highest BCUT2D eigenvalue weighted by Gasteiger charge is 2.69. The van der Waals surface area contributed by atoms with Crippen LogP contribution < -0.4 is 0 Å². The molecule has 5 aliphatic heterocycles. The summed E-state index contributed by atoms with van der Waals surface area (Å²) in [5.41, 5.74) is 4.64. The van der Waals surface area contributed by atoms with Crippen LogP contribution in [0.15, 0.2) is 66.2 Å². The summed E-state index contributed by atoms with van der Waals surface area (Å²) in [6.45, 7) is 21.8.